The number of aromatic nitrogens is 1. The van der Waals surface area contributed by atoms with E-state index in [-0.39, 0.29) is 17.6 Å². The molecule has 1 atom stereocenters. The van der Waals surface area contributed by atoms with E-state index >= 15 is 0 Å². The minimum absolute atomic E-state index is 0.0123. The van der Waals surface area contributed by atoms with E-state index in [0.29, 0.717) is 31.2 Å². The Labute approximate surface area is 132 Å². The Morgan fingerprint density at radius 3 is 2.91 bits per heavy atom. The molecule has 0 aromatic carbocycles. The second-order valence-electron chi connectivity index (χ2n) is 6.14. The average molecular weight is 306 g/mol. The normalized spacial score (nSPS) is 20.5. The van der Waals surface area contributed by atoms with Crippen LogP contribution in [0.15, 0.2) is 18.3 Å². The molecule has 1 aliphatic heterocycles. The molecule has 5 heteroatoms. The quantitative estimate of drug-likeness (QED) is 0.839. The molecule has 2 heterocycles. The lowest BCUT2D eigenvalue weighted by Gasteiger charge is -2.41. The molecule has 0 N–H and O–H groups in total. The van der Waals surface area contributed by atoms with Gasteiger partial charge in [0, 0.05) is 25.4 Å². The fourth-order valence-corrected chi connectivity index (χ4v) is 2.99. The number of rotatable bonds is 5. The standard InChI is InChI=1S/C17H26N2O3/c1-5-19(13-9-11-22-17(3,4)12-13)16(20)14-8-7-10-18-15(14)21-6-2/h7-8,10,13H,5-6,9,11-12H2,1-4H3/t13-/m1/s1. The molecule has 0 spiro atoms. The van der Waals surface area contributed by atoms with Gasteiger partial charge in [0.15, 0.2) is 0 Å². The first kappa shape index (κ1) is 16.7. The van der Waals surface area contributed by atoms with E-state index in [1.165, 1.54) is 0 Å². The highest BCUT2D eigenvalue weighted by atomic mass is 16.5. The van der Waals surface area contributed by atoms with Gasteiger partial charge in [-0.1, -0.05) is 0 Å². The number of carbonyl (C=O) groups is 1. The fourth-order valence-electron chi connectivity index (χ4n) is 2.99. The molecule has 1 saturated heterocycles. The maximum absolute atomic E-state index is 12.9. The molecule has 122 valence electrons. The predicted molar refractivity (Wildman–Crippen MR) is 85.2 cm³/mol. The number of nitrogens with zero attached hydrogens (tertiary/aromatic N) is 2. The van der Waals surface area contributed by atoms with Gasteiger partial charge >= 0.3 is 0 Å². The first-order chi connectivity index (χ1) is 10.5. The van der Waals surface area contributed by atoms with E-state index in [0.717, 1.165) is 12.8 Å². The van der Waals surface area contributed by atoms with E-state index < -0.39 is 0 Å². The molecule has 0 saturated carbocycles. The highest BCUT2D eigenvalue weighted by Gasteiger charge is 2.34. The number of pyridine rings is 1. The van der Waals surface area contributed by atoms with Crippen LogP contribution in [0.4, 0.5) is 0 Å². The maximum Gasteiger partial charge on any atom is 0.259 e. The molecular weight excluding hydrogens is 280 g/mol. The largest absolute Gasteiger partial charge is 0.477 e. The van der Waals surface area contributed by atoms with Gasteiger partial charge in [0.25, 0.3) is 5.91 Å². The van der Waals surface area contributed by atoms with Crippen molar-refractivity contribution in [2.75, 3.05) is 19.8 Å². The molecule has 1 fully saturated rings. The van der Waals surface area contributed by atoms with Crippen molar-refractivity contribution >= 4 is 5.91 Å². The van der Waals surface area contributed by atoms with Crippen LogP contribution in [0.2, 0.25) is 0 Å². The molecule has 1 aliphatic rings. The Bertz CT molecular complexity index is 516. The van der Waals surface area contributed by atoms with Gasteiger partial charge in [0.1, 0.15) is 5.56 Å². The molecule has 1 aromatic heterocycles. The van der Waals surface area contributed by atoms with E-state index in [4.69, 9.17) is 9.47 Å². The summed E-state index contributed by atoms with van der Waals surface area (Å²) in [6.07, 6.45) is 3.36. The minimum Gasteiger partial charge on any atom is -0.477 e. The van der Waals surface area contributed by atoms with Gasteiger partial charge in [-0.15, -0.1) is 0 Å². The summed E-state index contributed by atoms with van der Waals surface area (Å²) >= 11 is 0. The van der Waals surface area contributed by atoms with Crippen LogP contribution in [0.25, 0.3) is 0 Å². The Morgan fingerprint density at radius 2 is 2.27 bits per heavy atom. The smallest absolute Gasteiger partial charge is 0.259 e. The van der Waals surface area contributed by atoms with Crippen molar-refractivity contribution < 1.29 is 14.3 Å². The second-order valence-corrected chi connectivity index (χ2v) is 6.14. The SMILES string of the molecule is CCOc1ncccc1C(=O)N(CC)[C@@H]1CCOC(C)(C)C1. The molecule has 0 unspecified atom stereocenters. The highest BCUT2D eigenvalue weighted by Crippen LogP contribution is 2.29. The van der Waals surface area contributed by atoms with Gasteiger partial charge in [-0.25, -0.2) is 4.98 Å². The van der Waals surface area contributed by atoms with Crippen LogP contribution in [0, 0.1) is 0 Å². The molecule has 0 aliphatic carbocycles. The summed E-state index contributed by atoms with van der Waals surface area (Å²) in [4.78, 5) is 19.1. The zero-order valence-corrected chi connectivity index (χ0v) is 14.0. The predicted octanol–water partition coefficient (Wildman–Crippen LogP) is 2.90. The molecular formula is C17H26N2O3. The fraction of sp³-hybridized carbons (Fsp3) is 0.647. The lowest BCUT2D eigenvalue weighted by atomic mass is 9.92. The topological polar surface area (TPSA) is 51.7 Å². The van der Waals surface area contributed by atoms with Gasteiger partial charge in [0.05, 0.1) is 12.2 Å². The summed E-state index contributed by atoms with van der Waals surface area (Å²) in [6, 6.07) is 3.75. The number of hydrogen-bond donors (Lipinski definition) is 0. The molecule has 0 radical (unpaired) electrons. The first-order valence-electron chi connectivity index (χ1n) is 8.01. The van der Waals surface area contributed by atoms with Crippen molar-refractivity contribution in [2.45, 2.75) is 52.2 Å². The van der Waals surface area contributed by atoms with Gasteiger partial charge in [-0.3, -0.25) is 4.79 Å². The van der Waals surface area contributed by atoms with Gasteiger partial charge in [0.2, 0.25) is 5.88 Å². The molecule has 5 nitrogen and oxygen atoms in total. The van der Waals surface area contributed by atoms with Crippen LogP contribution < -0.4 is 4.74 Å². The molecule has 1 aromatic rings. The van der Waals surface area contributed by atoms with E-state index in [2.05, 4.69) is 18.8 Å². The molecule has 22 heavy (non-hydrogen) atoms. The number of carbonyl (C=O) groups excluding carboxylic acids is 1. The Hall–Kier alpha value is -1.62. The van der Waals surface area contributed by atoms with Crippen LogP contribution in [-0.4, -0.2) is 47.2 Å². The number of ether oxygens (including phenoxy) is 2. The summed E-state index contributed by atoms with van der Waals surface area (Å²) < 4.78 is 11.3. The highest BCUT2D eigenvalue weighted by molar-refractivity contribution is 5.96. The van der Waals surface area contributed by atoms with Crippen LogP contribution >= 0.6 is 0 Å². The summed E-state index contributed by atoms with van der Waals surface area (Å²) in [5, 5.41) is 0. The van der Waals surface area contributed by atoms with Crippen LogP contribution in [0.3, 0.4) is 0 Å². The summed E-state index contributed by atoms with van der Waals surface area (Å²) in [5.41, 5.74) is 0.351. The monoisotopic (exact) mass is 306 g/mol. The first-order valence-corrected chi connectivity index (χ1v) is 8.01. The molecule has 0 bridgehead atoms. The zero-order valence-electron chi connectivity index (χ0n) is 14.0. The van der Waals surface area contributed by atoms with Crippen molar-refractivity contribution in [3.63, 3.8) is 0 Å². The second kappa shape index (κ2) is 7.09. The van der Waals surface area contributed by atoms with Crippen molar-refractivity contribution in [3.05, 3.63) is 23.9 Å². The van der Waals surface area contributed by atoms with Gasteiger partial charge in [-0.05, 0) is 52.7 Å². The Kier molecular flexibility index (Phi) is 5.40. The van der Waals surface area contributed by atoms with Gasteiger partial charge < -0.3 is 14.4 Å². The third kappa shape index (κ3) is 3.77. The molecule has 2 rings (SSSR count). The lowest BCUT2D eigenvalue weighted by Crippen LogP contribution is -2.48. The number of amides is 1. The number of hydrogen-bond acceptors (Lipinski definition) is 4. The van der Waals surface area contributed by atoms with Crippen molar-refractivity contribution in [1.29, 1.82) is 0 Å². The maximum atomic E-state index is 12.9. The Balaban J connectivity index is 2.22. The van der Waals surface area contributed by atoms with Crippen LogP contribution in [-0.2, 0) is 4.74 Å². The third-order valence-electron chi connectivity index (χ3n) is 4.00. The Morgan fingerprint density at radius 1 is 1.50 bits per heavy atom. The lowest BCUT2D eigenvalue weighted by molar-refractivity contribution is -0.0777. The summed E-state index contributed by atoms with van der Waals surface area (Å²) in [7, 11) is 0. The van der Waals surface area contributed by atoms with Crippen molar-refractivity contribution in [1.82, 2.24) is 9.88 Å². The summed E-state index contributed by atoms with van der Waals surface area (Å²) in [6.45, 7) is 9.90. The van der Waals surface area contributed by atoms with Gasteiger partial charge in [-0.2, -0.15) is 0 Å². The summed E-state index contributed by atoms with van der Waals surface area (Å²) in [5.74, 6) is 0.404. The zero-order chi connectivity index (χ0) is 16.2. The van der Waals surface area contributed by atoms with Crippen LogP contribution in [0.5, 0.6) is 5.88 Å². The molecule has 1 amide bonds. The van der Waals surface area contributed by atoms with E-state index in [1.807, 2.05) is 18.7 Å². The minimum atomic E-state index is -0.186. The van der Waals surface area contributed by atoms with E-state index in [1.54, 1.807) is 18.3 Å². The van der Waals surface area contributed by atoms with E-state index in [9.17, 15) is 4.79 Å². The average Bonchev–Trinajstić information content (AvgIpc) is 2.48. The van der Waals surface area contributed by atoms with Crippen molar-refractivity contribution in [3.8, 4) is 5.88 Å². The van der Waals surface area contributed by atoms with Crippen LogP contribution in [0.1, 0.15) is 50.9 Å². The third-order valence-corrected chi connectivity index (χ3v) is 4.00. The van der Waals surface area contributed by atoms with Crippen molar-refractivity contribution in [2.24, 2.45) is 0 Å².